The van der Waals surface area contributed by atoms with Gasteiger partial charge in [-0.15, -0.1) is 0 Å². The molecule has 1 aromatic carbocycles. The lowest BCUT2D eigenvalue weighted by Gasteiger charge is -2.26. The number of aliphatic hydroxyl groups is 2. The van der Waals surface area contributed by atoms with Gasteiger partial charge >= 0.3 is 0 Å². The van der Waals surface area contributed by atoms with E-state index in [0.717, 1.165) is 0 Å². The van der Waals surface area contributed by atoms with Crippen molar-refractivity contribution in [2.45, 2.75) is 19.0 Å². The first-order valence-electron chi connectivity index (χ1n) is 5.32. The van der Waals surface area contributed by atoms with E-state index < -0.39 is 10.5 Å². The zero-order chi connectivity index (χ0) is 13.8. The summed E-state index contributed by atoms with van der Waals surface area (Å²) < 4.78 is 0. The fourth-order valence-electron chi connectivity index (χ4n) is 1.36. The van der Waals surface area contributed by atoms with Gasteiger partial charge in [0.05, 0.1) is 34.3 Å². The molecule has 100 valence electrons. The van der Waals surface area contributed by atoms with E-state index in [-0.39, 0.29) is 30.5 Å². The molecular formula is C11H15ClN2O4. The van der Waals surface area contributed by atoms with Crippen LogP contribution in [0.1, 0.15) is 12.5 Å². The van der Waals surface area contributed by atoms with Crippen molar-refractivity contribution in [3.8, 4) is 0 Å². The summed E-state index contributed by atoms with van der Waals surface area (Å²) in [6, 6.07) is 4.42. The first-order chi connectivity index (χ1) is 8.43. The van der Waals surface area contributed by atoms with E-state index in [1.807, 2.05) is 0 Å². The van der Waals surface area contributed by atoms with Crippen LogP contribution in [0.25, 0.3) is 0 Å². The van der Waals surface area contributed by atoms with Gasteiger partial charge in [-0.3, -0.25) is 10.1 Å². The molecular weight excluding hydrogens is 260 g/mol. The molecule has 1 aromatic rings. The second-order valence-corrected chi connectivity index (χ2v) is 4.63. The van der Waals surface area contributed by atoms with Gasteiger partial charge in [0.1, 0.15) is 0 Å². The van der Waals surface area contributed by atoms with Crippen molar-refractivity contribution >= 4 is 17.3 Å². The Labute approximate surface area is 109 Å². The molecule has 0 saturated heterocycles. The Hall–Kier alpha value is -1.21. The Bertz CT molecular complexity index is 435. The molecule has 0 bridgehead atoms. The van der Waals surface area contributed by atoms with Gasteiger partial charge in [0.2, 0.25) is 0 Å². The Morgan fingerprint density at radius 3 is 2.56 bits per heavy atom. The minimum Gasteiger partial charge on any atom is -0.394 e. The maximum absolute atomic E-state index is 10.9. The van der Waals surface area contributed by atoms with Crippen molar-refractivity contribution in [2.24, 2.45) is 0 Å². The molecule has 3 N–H and O–H groups in total. The average molecular weight is 275 g/mol. The summed E-state index contributed by atoms with van der Waals surface area (Å²) in [6.45, 7) is 1.12. The molecule has 0 aliphatic rings. The molecule has 0 aliphatic carbocycles. The van der Waals surface area contributed by atoms with Crippen molar-refractivity contribution < 1.29 is 15.1 Å². The predicted octanol–water partition coefficient (Wildman–Crippen LogP) is 1.08. The first-order valence-corrected chi connectivity index (χ1v) is 5.70. The van der Waals surface area contributed by atoms with Gasteiger partial charge in [0, 0.05) is 12.6 Å². The van der Waals surface area contributed by atoms with E-state index in [1.54, 1.807) is 13.0 Å². The van der Waals surface area contributed by atoms with Gasteiger partial charge in [-0.1, -0.05) is 17.7 Å². The second kappa shape index (κ2) is 6.10. The van der Waals surface area contributed by atoms with Crippen molar-refractivity contribution in [3.05, 3.63) is 38.9 Å². The standard InChI is InChI=1S/C11H15ClN2O4/c1-11(6-15,7-16)13-5-8-9(12)3-2-4-10(8)14(17)18/h2-4,13,15-16H,5-7H2,1H3. The molecule has 0 saturated carbocycles. The number of nitrogens with zero attached hydrogens (tertiary/aromatic N) is 1. The first kappa shape index (κ1) is 14.8. The summed E-state index contributed by atoms with van der Waals surface area (Å²) in [6.07, 6.45) is 0. The van der Waals surface area contributed by atoms with Crippen molar-refractivity contribution in [1.29, 1.82) is 0 Å². The Balaban J connectivity index is 2.94. The van der Waals surface area contributed by atoms with Crippen LogP contribution in [0.5, 0.6) is 0 Å². The number of benzene rings is 1. The van der Waals surface area contributed by atoms with Gasteiger partial charge in [0.15, 0.2) is 0 Å². The van der Waals surface area contributed by atoms with Crippen LogP contribution in [0.4, 0.5) is 5.69 Å². The number of nitro groups is 1. The highest BCUT2D eigenvalue weighted by molar-refractivity contribution is 6.31. The van der Waals surface area contributed by atoms with Crippen molar-refractivity contribution in [3.63, 3.8) is 0 Å². The molecule has 7 heteroatoms. The second-order valence-electron chi connectivity index (χ2n) is 4.23. The molecule has 0 spiro atoms. The van der Waals surface area contributed by atoms with E-state index in [9.17, 15) is 10.1 Å². The van der Waals surface area contributed by atoms with Crippen LogP contribution >= 0.6 is 11.6 Å². The minimum absolute atomic E-state index is 0.0896. The maximum Gasteiger partial charge on any atom is 0.275 e. The molecule has 1 rings (SSSR count). The molecule has 0 radical (unpaired) electrons. The van der Waals surface area contributed by atoms with Gasteiger partial charge in [-0.25, -0.2) is 0 Å². The van der Waals surface area contributed by atoms with Crippen LogP contribution in [0.15, 0.2) is 18.2 Å². The van der Waals surface area contributed by atoms with Crippen molar-refractivity contribution in [1.82, 2.24) is 5.32 Å². The molecule has 0 fully saturated rings. The minimum atomic E-state index is -0.910. The Morgan fingerprint density at radius 1 is 1.44 bits per heavy atom. The molecule has 0 aliphatic heterocycles. The van der Waals surface area contributed by atoms with Crippen LogP contribution in [0, 0.1) is 10.1 Å². The summed E-state index contributed by atoms with van der Waals surface area (Å²) in [7, 11) is 0. The average Bonchev–Trinajstić information content (AvgIpc) is 2.36. The molecule has 0 aromatic heterocycles. The van der Waals surface area contributed by atoms with Crippen LogP contribution < -0.4 is 5.32 Å². The van der Waals surface area contributed by atoms with Gasteiger partial charge in [-0.2, -0.15) is 0 Å². The highest BCUT2D eigenvalue weighted by Crippen LogP contribution is 2.26. The highest BCUT2D eigenvalue weighted by Gasteiger charge is 2.24. The normalized spacial score (nSPS) is 11.6. The van der Waals surface area contributed by atoms with Crippen LogP contribution in [0.3, 0.4) is 0 Å². The number of hydrogen-bond acceptors (Lipinski definition) is 5. The lowest BCUT2D eigenvalue weighted by molar-refractivity contribution is -0.385. The van der Waals surface area contributed by atoms with Crippen LogP contribution in [0.2, 0.25) is 5.02 Å². The fraction of sp³-hybridized carbons (Fsp3) is 0.455. The summed E-state index contributed by atoms with van der Waals surface area (Å²) in [5.41, 5.74) is -0.668. The molecule has 6 nitrogen and oxygen atoms in total. The zero-order valence-electron chi connectivity index (χ0n) is 9.89. The van der Waals surface area contributed by atoms with E-state index in [1.165, 1.54) is 12.1 Å². The monoisotopic (exact) mass is 274 g/mol. The molecule has 0 amide bonds. The number of rotatable bonds is 6. The van der Waals surface area contributed by atoms with Crippen LogP contribution in [-0.4, -0.2) is 33.9 Å². The van der Waals surface area contributed by atoms with E-state index in [2.05, 4.69) is 5.32 Å². The number of nitro benzene ring substituents is 1. The van der Waals surface area contributed by atoms with Gasteiger partial charge in [0.25, 0.3) is 5.69 Å². The van der Waals surface area contributed by atoms with Gasteiger partial charge < -0.3 is 15.5 Å². The largest absolute Gasteiger partial charge is 0.394 e. The third-order valence-corrected chi connectivity index (χ3v) is 3.03. The molecule has 0 atom stereocenters. The Morgan fingerprint density at radius 2 is 2.06 bits per heavy atom. The quantitative estimate of drug-likeness (QED) is 0.533. The predicted molar refractivity (Wildman–Crippen MR) is 67.5 cm³/mol. The summed E-state index contributed by atoms with van der Waals surface area (Å²) >= 11 is 5.92. The molecule has 0 heterocycles. The molecule has 18 heavy (non-hydrogen) atoms. The maximum atomic E-state index is 10.9. The lowest BCUT2D eigenvalue weighted by Crippen LogP contribution is -2.48. The summed E-state index contributed by atoms with van der Waals surface area (Å²) in [5.74, 6) is 0. The van der Waals surface area contributed by atoms with E-state index in [4.69, 9.17) is 21.8 Å². The Kier molecular flexibility index (Phi) is 5.03. The topological polar surface area (TPSA) is 95.6 Å². The number of aliphatic hydroxyl groups excluding tert-OH is 2. The highest BCUT2D eigenvalue weighted by atomic mass is 35.5. The van der Waals surface area contributed by atoms with Crippen LogP contribution in [-0.2, 0) is 6.54 Å². The van der Waals surface area contributed by atoms with E-state index in [0.29, 0.717) is 5.56 Å². The summed E-state index contributed by atoms with van der Waals surface area (Å²) in [5, 5.41) is 32.2. The SMILES string of the molecule is CC(CO)(CO)NCc1c(Cl)cccc1[N+](=O)[O-]. The number of halogens is 1. The smallest absolute Gasteiger partial charge is 0.275 e. The number of hydrogen-bond donors (Lipinski definition) is 3. The van der Waals surface area contributed by atoms with E-state index >= 15 is 0 Å². The lowest BCUT2D eigenvalue weighted by atomic mass is 10.0. The fourth-order valence-corrected chi connectivity index (χ4v) is 1.59. The number of nitrogens with one attached hydrogen (secondary N) is 1. The third-order valence-electron chi connectivity index (χ3n) is 2.68. The zero-order valence-corrected chi connectivity index (χ0v) is 10.6. The molecule has 0 unspecified atom stereocenters. The van der Waals surface area contributed by atoms with Gasteiger partial charge in [-0.05, 0) is 13.0 Å². The summed E-state index contributed by atoms with van der Waals surface area (Å²) in [4.78, 5) is 10.3. The van der Waals surface area contributed by atoms with Crippen molar-refractivity contribution in [2.75, 3.05) is 13.2 Å². The third kappa shape index (κ3) is 3.39.